The van der Waals surface area contributed by atoms with Gasteiger partial charge in [-0.15, -0.1) is 0 Å². The smallest absolute Gasteiger partial charge is 0.319 e. The number of amides is 2. The molecule has 12 heavy (non-hydrogen) atoms. The van der Waals surface area contributed by atoms with Gasteiger partial charge in [-0.2, -0.15) is 0 Å². The van der Waals surface area contributed by atoms with E-state index in [0.717, 1.165) is 11.5 Å². The predicted octanol–water partition coefficient (Wildman–Crippen LogP) is 0.933. The maximum Gasteiger partial charge on any atom is 0.319 e. The molecular formula is C8H8N2O2. The lowest BCUT2D eigenvalue weighted by molar-refractivity contribution is 0.249. The second-order valence-corrected chi connectivity index (χ2v) is 2.49. The van der Waals surface area contributed by atoms with Crippen LogP contribution >= 0.6 is 0 Å². The molecule has 0 bridgehead atoms. The molecule has 0 spiro atoms. The largest absolute Gasteiger partial charge is 0.465 e. The zero-order valence-electron chi connectivity index (χ0n) is 6.33. The van der Waals surface area contributed by atoms with Crippen molar-refractivity contribution in [2.45, 2.75) is 0 Å². The molecule has 0 aromatic carbocycles. The fourth-order valence-corrected chi connectivity index (χ4v) is 1.04. The highest BCUT2D eigenvalue weighted by atomic mass is 16.3. The maximum atomic E-state index is 10.7. The minimum absolute atomic E-state index is 0.159. The van der Waals surface area contributed by atoms with Crippen molar-refractivity contribution in [1.82, 2.24) is 10.6 Å². The average molecular weight is 164 g/mol. The van der Waals surface area contributed by atoms with Crippen LogP contribution in [0.2, 0.25) is 0 Å². The van der Waals surface area contributed by atoms with Gasteiger partial charge in [-0.25, -0.2) is 4.79 Å². The molecule has 0 atom stereocenters. The number of carbonyl (C=O) groups is 1. The predicted molar refractivity (Wildman–Crippen MR) is 43.2 cm³/mol. The van der Waals surface area contributed by atoms with Crippen LogP contribution in [0.15, 0.2) is 28.5 Å². The van der Waals surface area contributed by atoms with Crippen LogP contribution in [0.4, 0.5) is 4.79 Å². The molecule has 2 heterocycles. The first-order valence-corrected chi connectivity index (χ1v) is 3.63. The maximum absolute atomic E-state index is 10.7. The molecule has 1 aliphatic rings. The van der Waals surface area contributed by atoms with Gasteiger partial charge >= 0.3 is 6.03 Å². The minimum atomic E-state index is -0.159. The summed E-state index contributed by atoms with van der Waals surface area (Å²) in [6.07, 6.45) is 3.38. The SMILES string of the molecule is O=C1NCC(=Cc2ccco2)N1. The van der Waals surface area contributed by atoms with Crippen molar-refractivity contribution < 1.29 is 9.21 Å². The molecule has 2 amide bonds. The van der Waals surface area contributed by atoms with Gasteiger partial charge in [0.25, 0.3) is 0 Å². The fraction of sp³-hybridized carbons (Fsp3) is 0.125. The molecule has 1 saturated heterocycles. The molecule has 0 saturated carbocycles. The number of carbonyl (C=O) groups excluding carboxylic acids is 1. The lowest BCUT2D eigenvalue weighted by atomic mass is 10.3. The van der Waals surface area contributed by atoms with E-state index in [1.807, 2.05) is 6.07 Å². The molecule has 0 aliphatic carbocycles. The Hall–Kier alpha value is -1.71. The summed E-state index contributed by atoms with van der Waals surface area (Å²) >= 11 is 0. The first kappa shape index (κ1) is 6.97. The number of hydrogen-bond donors (Lipinski definition) is 2. The van der Waals surface area contributed by atoms with E-state index in [1.54, 1.807) is 18.4 Å². The summed E-state index contributed by atoms with van der Waals surface area (Å²) in [5.41, 5.74) is 0.829. The summed E-state index contributed by atoms with van der Waals surface area (Å²) in [7, 11) is 0. The van der Waals surface area contributed by atoms with Gasteiger partial charge in [0.05, 0.1) is 12.8 Å². The second kappa shape index (κ2) is 2.73. The Labute approximate surface area is 69.3 Å². The topological polar surface area (TPSA) is 54.3 Å². The Kier molecular flexibility index (Phi) is 1.59. The third kappa shape index (κ3) is 1.32. The van der Waals surface area contributed by atoms with Crippen LogP contribution in [-0.2, 0) is 0 Å². The van der Waals surface area contributed by atoms with Crippen LogP contribution in [0, 0.1) is 0 Å². The van der Waals surface area contributed by atoms with Crippen molar-refractivity contribution in [1.29, 1.82) is 0 Å². The lowest BCUT2D eigenvalue weighted by Gasteiger charge is -1.91. The molecule has 1 aromatic heterocycles. The van der Waals surface area contributed by atoms with Gasteiger partial charge in [-0.05, 0) is 12.1 Å². The summed E-state index contributed by atoms with van der Waals surface area (Å²) in [6, 6.07) is 3.47. The molecule has 1 fully saturated rings. The highest BCUT2D eigenvalue weighted by Gasteiger charge is 2.12. The van der Waals surface area contributed by atoms with Crippen molar-refractivity contribution in [3.05, 3.63) is 29.9 Å². The van der Waals surface area contributed by atoms with Crippen LogP contribution in [0.1, 0.15) is 5.76 Å². The fourth-order valence-electron chi connectivity index (χ4n) is 1.04. The van der Waals surface area contributed by atoms with Gasteiger partial charge in [0, 0.05) is 11.8 Å². The summed E-state index contributed by atoms with van der Waals surface area (Å²) in [4.78, 5) is 10.7. The molecule has 4 nitrogen and oxygen atoms in total. The van der Waals surface area contributed by atoms with E-state index in [4.69, 9.17) is 4.42 Å². The molecule has 2 rings (SSSR count). The van der Waals surface area contributed by atoms with Gasteiger partial charge in [0.1, 0.15) is 5.76 Å². The first-order valence-electron chi connectivity index (χ1n) is 3.63. The van der Waals surface area contributed by atoms with Gasteiger partial charge in [-0.3, -0.25) is 0 Å². The van der Waals surface area contributed by atoms with Crippen molar-refractivity contribution in [2.75, 3.05) is 6.54 Å². The van der Waals surface area contributed by atoms with Gasteiger partial charge in [-0.1, -0.05) is 0 Å². The van der Waals surface area contributed by atoms with E-state index in [9.17, 15) is 4.79 Å². The molecule has 0 radical (unpaired) electrons. The Bertz CT molecular complexity index is 314. The monoisotopic (exact) mass is 164 g/mol. The van der Waals surface area contributed by atoms with E-state index in [-0.39, 0.29) is 6.03 Å². The Morgan fingerprint density at radius 3 is 3.08 bits per heavy atom. The Morgan fingerprint density at radius 2 is 2.50 bits per heavy atom. The second-order valence-electron chi connectivity index (χ2n) is 2.49. The van der Waals surface area contributed by atoms with E-state index in [2.05, 4.69) is 10.6 Å². The number of nitrogens with one attached hydrogen (secondary N) is 2. The highest BCUT2D eigenvalue weighted by molar-refractivity contribution is 5.81. The minimum Gasteiger partial charge on any atom is -0.465 e. The van der Waals surface area contributed by atoms with Gasteiger partial charge in [0.15, 0.2) is 0 Å². The number of urea groups is 1. The Balaban J connectivity index is 2.15. The van der Waals surface area contributed by atoms with Crippen LogP contribution in [-0.4, -0.2) is 12.6 Å². The molecule has 0 unspecified atom stereocenters. The first-order chi connectivity index (χ1) is 5.84. The van der Waals surface area contributed by atoms with Crippen LogP contribution in [0.3, 0.4) is 0 Å². The van der Waals surface area contributed by atoms with E-state index >= 15 is 0 Å². The van der Waals surface area contributed by atoms with Crippen molar-refractivity contribution >= 4 is 12.1 Å². The summed E-state index contributed by atoms with van der Waals surface area (Å²) in [5, 5.41) is 5.27. The molecule has 1 aromatic rings. The van der Waals surface area contributed by atoms with Crippen LogP contribution in [0.25, 0.3) is 6.08 Å². The molecule has 4 heteroatoms. The average Bonchev–Trinajstić information content (AvgIpc) is 2.63. The number of furan rings is 1. The molecule has 2 N–H and O–H groups in total. The highest BCUT2D eigenvalue weighted by Crippen LogP contribution is 2.06. The number of rotatable bonds is 1. The van der Waals surface area contributed by atoms with Crippen LogP contribution in [0.5, 0.6) is 0 Å². The van der Waals surface area contributed by atoms with Gasteiger partial charge in [0.2, 0.25) is 0 Å². The van der Waals surface area contributed by atoms with Crippen molar-refractivity contribution in [3.63, 3.8) is 0 Å². The molecule has 1 aliphatic heterocycles. The third-order valence-corrected chi connectivity index (χ3v) is 1.57. The van der Waals surface area contributed by atoms with E-state index < -0.39 is 0 Å². The summed E-state index contributed by atoms with van der Waals surface area (Å²) < 4.78 is 5.08. The normalized spacial score (nSPS) is 19.3. The number of hydrogen-bond acceptors (Lipinski definition) is 2. The van der Waals surface area contributed by atoms with Crippen molar-refractivity contribution in [2.24, 2.45) is 0 Å². The van der Waals surface area contributed by atoms with E-state index in [0.29, 0.717) is 6.54 Å². The Morgan fingerprint density at radius 1 is 1.58 bits per heavy atom. The van der Waals surface area contributed by atoms with Crippen LogP contribution < -0.4 is 10.6 Å². The zero-order chi connectivity index (χ0) is 8.39. The molecular weight excluding hydrogens is 156 g/mol. The summed E-state index contributed by atoms with van der Waals surface area (Å²) in [6.45, 7) is 0.541. The van der Waals surface area contributed by atoms with Gasteiger partial charge < -0.3 is 15.1 Å². The zero-order valence-corrected chi connectivity index (χ0v) is 6.33. The standard InChI is InChI=1S/C8H8N2O2/c11-8-9-5-6(10-8)4-7-2-1-3-12-7/h1-4H,5H2,(H2,9,10,11). The third-order valence-electron chi connectivity index (χ3n) is 1.57. The quantitative estimate of drug-likeness (QED) is 0.648. The van der Waals surface area contributed by atoms with E-state index in [1.165, 1.54) is 0 Å². The summed E-state index contributed by atoms with van der Waals surface area (Å²) in [5.74, 6) is 0.744. The molecule has 62 valence electrons. The van der Waals surface area contributed by atoms with Crippen molar-refractivity contribution in [3.8, 4) is 0 Å². The lowest BCUT2D eigenvalue weighted by Crippen LogP contribution is -2.19.